The highest BCUT2D eigenvalue weighted by molar-refractivity contribution is 7.89. The molecule has 0 aliphatic heterocycles. The number of nitrogens with two attached hydrogens (primary N) is 1. The number of nitrogens with zero attached hydrogens (tertiary/aromatic N) is 2. The molecule has 1 aromatic heterocycles. The molecule has 1 aliphatic carbocycles. The Morgan fingerprint density at radius 1 is 1.42 bits per heavy atom. The zero-order valence-electron chi connectivity index (χ0n) is 11.5. The Labute approximate surface area is 114 Å². The molecule has 1 heterocycles. The first-order valence-corrected chi connectivity index (χ1v) is 8.11. The molecule has 19 heavy (non-hydrogen) atoms. The first-order valence-electron chi connectivity index (χ1n) is 6.67. The van der Waals surface area contributed by atoms with E-state index in [1.54, 1.807) is 14.0 Å². The summed E-state index contributed by atoms with van der Waals surface area (Å²) in [6.45, 7) is 2.53. The van der Waals surface area contributed by atoms with Crippen molar-refractivity contribution in [3.63, 3.8) is 0 Å². The van der Waals surface area contributed by atoms with E-state index in [0.29, 0.717) is 18.0 Å². The molecule has 0 aromatic carbocycles. The highest BCUT2D eigenvalue weighted by atomic mass is 32.2. The molecule has 0 amide bonds. The fraction of sp³-hybridized carbons (Fsp3) is 0.750. The molecule has 7 heteroatoms. The lowest BCUT2D eigenvalue weighted by Crippen LogP contribution is -2.32. The Hall–Kier alpha value is -0.920. The van der Waals surface area contributed by atoms with Crippen molar-refractivity contribution in [2.75, 3.05) is 13.6 Å². The number of nitrogens with one attached hydrogen (secondary N) is 1. The van der Waals surface area contributed by atoms with Crippen molar-refractivity contribution in [1.29, 1.82) is 0 Å². The first-order chi connectivity index (χ1) is 8.96. The summed E-state index contributed by atoms with van der Waals surface area (Å²) >= 11 is 0. The Kier molecular flexibility index (Phi) is 4.27. The zero-order valence-corrected chi connectivity index (χ0v) is 12.3. The highest BCUT2D eigenvalue weighted by Gasteiger charge is 2.29. The molecule has 0 atom stereocenters. The Morgan fingerprint density at radius 3 is 2.63 bits per heavy atom. The molecule has 3 N–H and O–H groups in total. The van der Waals surface area contributed by atoms with E-state index in [4.69, 9.17) is 5.73 Å². The molecule has 1 aliphatic rings. The van der Waals surface area contributed by atoms with Crippen LogP contribution >= 0.6 is 0 Å². The van der Waals surface area contributed by atoms with E-state index < -0.39 is 10.0 Å². The third kappa shape index (κ3) is 2.82. The van der Waals surface area contributed by atoms with Crippen LogP contribution in [0.1, 0.15) is 36.9 Å². The molecule has 108 valence electrons. The third-order valence-corrected chi connectivity index (χ3v) is 5.68. The summed E-state index contributed by atoms with van der Waals surface area (Å²) in [5, 5.41) is 6.70. The van der Waals surface area contributed by atoms with Gasteiger partial charge in [0, 0.05) is 31.4 Å². The number of aromatic amines is 1. The number of H-pyrrole nitrogens is 1. The van der Waals surface area contributed by atoms with E-state index in [-0.39, 0.29) is 11.6 Å². The quantitative estimate of drug-likeness (QED) is 0.844. The van der Waals surface area contributed by atoms with Crippen LogP contribution in [0.3, 0.4) is 0 Å². The van der Waals surface area contributed by atoms with Gasteiger partial charge in [-0.3, -0.25) is 5.10 Å². The van der Waals surface area contributed by atoms with Gasteiger partial charge in [-0.2, -0.15) is 9.40 Å². The summed E-state index contributed by atoms with van der Waals surface area (Å²) in [7, 11) is -1.91. The van der Waals surface area contributed by atoms with Gasteiger partial charge in [0.2, 0.25) is 0 Å². The minimum absolute atomic E-state index is 0.0768. The number of sulfonamides is 1. The summed E-state index contributed by atoms with van der Waals surface area (Å²) in [5.41, 5.74) is 6.91. The molecule has 0 radical (unpaired) electrons. The van der Waals surface area contributed by atoms with E-state index in [1.165, 1.54) is 17.1 Å². The van der Waals surface area contributed by atoms with Gasteiger partial charge in [-0.25, -0.2) is 8.42 Å². The SMILES string of the molecule is Cc1[nH]nc(S(=O)(=O)N(C)CC2CCCC2)c1CN. The Bertz CT molecular complexity index is 532. The van der Waals surface area contributed by atoms with Gasteiger partial charge < -0.3 is 5.73 Å². The van der Waals surface area contributed by atoms with Gasteiger partial charge in [0.05, 0.1) is 0 Å². The standard InChI is InChI=1S/C12H22N4O2S/c1-9-11(7-13)12(15-14-9)19(17,18)16(2)8-10-5-3-4-6-10/h10H,3-8,13H2,1-2H3,(H,14,15). The highest BCUT2D eigenvalue weighted by Crippen LogP contribution is 2.27. The lowest BCUT2D eigenvalue weighted by Gasteiger charge is -2.20. The van der Waals surface area contributed by atoms with Gasteiger partial charge in [-0.05, 0) is 25.7 Å². The molecular weight excluding hydrogens is 264 g/mol. The van der Waals surface area contributed by atoms with Gasteiger partial charge in [-0.1, -0.05) is 12.8 Å². The number of rotatable bonds is 5. The second-order valence-corrected chi connectivity index (χ2v) is 7.23. The largest absolute Gasteiger partial charge is 0.326 e. The summed E-state index contributed by atoms with van der Waals surface area (Å²) < 4.78 is 26.4. The van der Waals surface area contributed by atoms with Crippen LogP contribution < -0.4 is 5.73 Å². The lowest BCUT2D eigenvalue weighted by molar-refractivity contribution is 0.385. The number of aromatic nitrogens is 2. The van der Waals surface area contributed by atoms with E-state index >= 15 is 0 Å². The van der Waals surface area contributed by atoms with Crippen LogP contribution in [-0.2, 0) is 16.6 Å². The molecule has 1 fully saturated rings. The molecule has 0 saturated heterocycles. The van der Waals surface area contributed by atoms with Crippen LogP contribution in [0.25, 0.3) is 0 Å². The van der Waals surface area contributed by atoms with Gasteiger partial charge in [0.15, 0.2) is 5.03 Å². The molecule has 0 unspecified atom stereocenters. The predicted molar refractivity (Wildman–Crippen MR) is 73.0 cm³/mol. The topological polar surface area (TPSA) is 92.1 Å². The minimum atomic E-state index is -3.54. The average Bonchev–Trinajstić information content (AvgIpc) is 2.98. The fourth-order valence-corrected chi connectivity index (χ4v) is 4.10. The average molecular weight is 286 g/mol. The second kappa shape index (κ2) is 5.60. The van der Waals surface area contributed by atoms with Crippen molar-refractivity contribution in [2.45, 2.75) is 44.2 Å². The Morgan fingerprint density at radius 2 is 2.05 bits per heavy atom. The normalized spacial score (nSPS) is 17.5. The minimum Gasteiger partial charge on any atom is -0.326 e. The van der Waals surface area contributed by atoms with Crippen LogP contribution in [0.15, 0.2) is 5.03 Å². The molecular formula is C12H22N4O2S. The van der Waals surface area contributed by atoms with Crippen LogP contribution in [0.5, 0.6) is 0 Å². The van der Waals surface area contributed by atoms with Crippen molar-refractivity contribution in [1.82, 2.24) is 14.5 Å². The Balaban J connectivity index is 2.20. The lowest BCUT2D eigenvalue weighted by atomic mass is 10.1. The predicted octanol–water partition coefficient (Wildman–Crippen LogP) is 0.988. The molecule has 2 rings (SSSR count). The molecule has 0 bridgehead atoms. The molecule has 6 nitrogen and oxygen atoms in total. The van der Waals surface area contributed by atoms with Crippen molar-refractivity contribution in [3.05, 3.63) is 11.3 Å². The van der Waals surface area contributed by atoms with Crippen LogP contribution in [0.2, 0.25) is 0 Å². The molecule has 1 saturated carbocycles. The van der Waals surface area contributed by atoms with Gasteiger partial charge in [0.1, 0.15) is 0 Å². The van der Waals surface area contributed by atoms with E-state index in [9.17, 15) is 8.42 Å². The summed E-state index contributed by atoms with van der Waals surface area (Å²) in [6.07, 6.45) is 4.63. The van der Waals surface area contributed by atoms with Gasteiger partial charge in [0.25, 0.3) is 10.0 Å². The van der Waals surface area contributed by atoms with Crippen molar-refractivity contribution < 1.29 is 8.42 Å². The van der Waals surface area contributed by atoms with Crippen molar-refractivity contribution in [3.8, 4) is 0 Å². The van der Waals surface area contributed by atoms with Crippen LogP contribution in [0.4, 0.5) is 0 Å². The number of aryl methyl sites for hydroxylation is 1. The maximum absolute atomic E-state index is 12.5. The van der Waals surface area contributed by atoms with Gasteiger partial charge in [-0.15, -0.1) is 0 Å². The van der Waals surface area contributed by atoms with Crippen LogP contribution in [0, 0.1) is 12.8 Å². The van der Waals surface area contributed by atoms with Crippen molar-refractivity contribution in [2.24, 2.45) is 11.7 Å². The number of hydrogen-bond acceptors (Lipinski definition) is 4. The van der Waals surface area contributed by atoms with Gasteiger partial charge >= 0.3 is 0 Å². The van der Waals surface area contributed by atoms with E-state index in [2.05, 4.69) is 10.2 Å². The second-order valence-electron chi connectivity index (χ2n) is 5.27. The monoisotopic (exact) mass is 286 g/mol. The fourth-order valence-electron chi connectivity index (χ4n) is 2.69. The first kappa shape index (κ1) is 14.5. The smallest absolute Gasteiger partial charge is 0.262 e. The maximum atomic E-state index is 12.5. The summed E-state index contributed by atoms with van der Waals surface area (Å²) in [6, 6.07) is 0. The summed E-state index contributed by atoms with van der Waals surface area (Å²) in [4.78, 5) is 0. The van der Waals surface area contributed by atoms with E-state index in [1.807, 2.05) is 0 Å². The molecule has 1 aromatic rings. The number of hydrogen-bond donors (Lipinski definition) is 2. The maximum Gasteiger partial charge on any atom is 0.262 e. The third-order valence-electron chi connectivity index (χ3n) is 3.88. The van der Waals surface area contributed by atoms with Crippen molar-refractivity contribution >= 4 is 10.0 Å². The summed E-state index contributed by atoms with van der Waals surface area (Å²) in [5.74, 6) is 0.473. The van der Waals surface area contributed by atoms with E-state index in [0.717, 1.165) is 18.5 Å². The van der Waals surface area contributed by atoms with Crippen LogP contribution in [-0.4, -0.2) is 36.5 Å². The molecule has 0 spiro atoms. The zero-order chi connectivity index (χ0) is 14.0.